The van der Waals surface area contributed by atoms with Crippen molar-refractivity contribution in [1.29, 1.82) is 0 Å². The zero-order chi connectivity index (χ0) is 11.2. The van der Waals surface area contributed by atoms with Gasteiger partial charge in [-0.2, -0.15) is 0 Å². The maximum absolute atomic E-state index is 4.96. The summed E-state index contributed by atoms with van der Waals surface area (Å²) in [5.41, 5.74) is 0. The van der Waals surface area contributed by atoms with Crippen LogP contribution in [0.5, 0.6) is 0 Å². The van der Waals surface area contributed by atoms with E-state index in [0.29, 0.717) is 0 Å². The van der Waals surface area contributed by atoms with E-state index in [1.54, 1.807) is 44.5 Å². The molecule has 0 saturated carbocycles. The second kappa shape index (κ2) is 12.6. The highest BCUT2D eigenvalue weighted by Crippen LogP contribution is 1.64. The molecule has 2 N–H and O–H groups in total. The number of nitrogens with zero attached hydrogens (tertiary/aromatic N) is 2. The Bertz CT molecular complexity index is 197. The quantitative estimate of drug-likeness (QED) is 0.695. The molecule has 0 aromatic carbocycles. The molecule has 0 atom stereocenters. The van der Waals surface area contributed by atoms with Gasteiger partial charge in [-0.3, -0.25) is 0 Å². The van der Waals surface area contributed by atoms with Crippen molar-refractivity contribution in [3.05, 3.63) is 37.4 Å². The maximum Gasteiger partial charge on any atom is 0.0919 e. The first-order chi connectivity index (χ1) is 7.41. The highest BCUT2D eigenvalue weighted by atomic mass is 14.8. The van der Waals surface area contributed by atoms with E-state index in [-0.39, 0.29) is 0 Å². The van der Waals surface area contributed by atoms with Gasteiger partial charge in [0.25, 0.3) is 0 Å². The molecule has 0 bridgehead atoms. The Labute approximate surface area is 93.2 Å². The van der Waals surface area contributed by atoms with Crippen LogP contribution < -0.4 is 0 Å². The molecule has 2 aromatic rings. The molecule has 0 unspecified atom stereocenters. The van der Waals surface area contributed by atoms with E-state index >= 15 is 0 Å². The summed E-state index contributed by atoms with van der Waals surface area (Å²) in [6, 6.07) is 0. The van der Waals surface area contributed by atoms with Crippen LogP contribution in [0.1, 0.15) is 6.92 Å². The summed E-state index contributed by atoms with van der Waals surface area (Å²) >= 11 is 0. The number of hydrogen-bond acceptors (Lipinski definition) is 2. The lowest BCUT2D eigenvalue weighted by Crippen LogP contribution is -1.98. The molecular weight excluding hydrogens is 185 g/mol. The van der Waals surface area contributed by atoms with Gasteiger partial charge in [-0.25, -0.2) is 9.97 Å². The minimum absolute atomic E-state index is 1.04. The highest BCUT2D eigenvalue weighted by Gasteiger charge is 1.73. The first-order valence-corrected chi connectivity index (χ1v) is 4.64. The van der Waals surface area contributed by atoms with E-state index in [0.717, 1.165) is 6.32 Å². The van der Waals surface area contributed by atoms with Crippen LogP contribution in [0.2, 0.25) is 6.32 Å². The lowest BCUT2D eigenvalue weighted by molar-refractivity contribution is 1.31. The molecule has 4 nitrogen and oxygen atoms in total. The topological polar surface area (TPSA) is 57.4 Å². The summed E-state index contributed by atoms with van der Waals surface area (Å²) in [6.45, 7) is 2.04. The molecule has 2 heterocycles. The van der Waals surface area contributed by atoms with Gasteiger partial charge in [-0.15, -0.1) is 0 Å². The summed E-state index contributed by atoms with van der Waals surface area (Å²) in [7, 11) is 8.42. The van der Waals surface area contributed by atoms with Crippen molar-refractivity contribution in [1.82, 2.24) is 19.9 Å². The lowest BCUT2D eigenvalue weighted by Gasteiger charge is -1.74. The molecule has 0 amide bonds. The Morgan fingerprint density at radius 2 is 1.67 bits per heavy atom. The van der Waals surface area contributed by atoms with Crippen LogP contribution in [0, 0.1) is 0 Å². The second-order valence-electron chi connectivity index (χ2n) is 2.36. The Kier molecular flexibility index (Phi) is 11.4. The van der Waals surface area contributed by atoms with Crippen molar-refractivity contribution in [2.45, 2.75) is 13.2 Å². The molecular formula is C8H13B3N4. The van der Waals surface area contributed by atoms with Gasteiger partial charge in [-0.1, -0.05) is 13.2 Å². The van der Waals surface area contributed by atoms with Crippen molar-refractivity contribution in [3.8, 4) is 0 Å². The number of H-pyrrole nitrogens is 2. The zero-order valence-corrected chi connectivity index (χ0v) is 8.80. The molecule has 15 heavy (non-hydrogen) atoms. The Morgan fingerprint density at radius 1 is 1.13 bits per heavy atom. The third kappa shape index (κ3) is 12.6. The maximum atomic E-state index is 4.96. The van der Waals surface area contributed by atoms with E-state index in [1.807, 2.05) is 14.1 Å². The molecule has 74 valence electrons. The largest absolute Gasteiger partial charge is 0.351 e. The number of hydrogen-bond donors (Lipinski definition) is 2. The van der Waals surface area contributed by atoms with Crippen LogP contribution in [0.4, 0.5) is 0 Å². The Hall–Kier alpha value is -1.39. The number of imidazole rings is 2. The van der Waals surface area contributed by atoms with Crippen molar-refractivity contribution in [3.63, 3.8) is 0 Å². The molecule has 2 aromatic heterocycles. The number of aromatic amines is 2. The summed E-state index contributed by atoms with van der Waals surface area (Å²) in [6.07, 6.45) is 11.2. The van der Waals surface area contributed by atoms with Gasteiger partial charge in [0.05, 0.1) is 19.8 Å². The van der Waals surface area contributed by atoms with E-state index < -0.39 is 0 Å². The van der Waals surface area contributed by atoms with E-state index in [9.17, 15) is 0 Å². The van der Waals surface area contributed by atoms with Crippen LogP contribution in [-0.2, 0) is 0 Å². The molecule has 0 fully saturated rings. The molecule has 0 saturated heterocycles. The van der Waals surface area contributed by atoms with Crippen molar-refractivity contribution >= 4 is 22.0 Å². The first kappa shape index (κ1) is 13.6. The summed E-state index contributed by atoms with van der Waals surface area (Å²) < 4.78 is 0. The number of aromatic nitrogens is 4. The lowest BCUT2D eigenvalue weighted by atomic mass is 9.27. The fourth-order valence-electron chi connectivity index (χ4n) is 0.566. The van der Waals surface area contributed by atoms with Crippen molar-refractivity contribution in [2.75, 3.05) is 0 Å². The van der Waals surface area contributed by atoms with Crippen LogP contribution in [0.25, 0.3) is 0 Å². The third-order valence-electron chi connectivity index (χ3n) is 1.18. The van der Waals surface area contributed by atoms with Gasteiger partial charge >= 0.3 is 0 Å². The predicted molar refractivity (Wildman–Crippen MR) is 64.9 cm³/mol. The smallest absolute Gasteiger partial charge is 0.0919 e. The van der Waals surface area contributed by atoms with E-state index in [4.69, 9.17) is 7.74 Å². The third-order valence-corrected chi connectivity index (χ3v) is 1.18. The second-order valence-corrected chi connectivity index (χ2v) is 2.36. The monoisotopic (exact) mass is 198 g/mol. The average Bonchev–Trinajstić information content (AvgIpc) is 2.99. The molecule has 0 aliphatic carbocycles. The van der Waals surface area contributed by atoms with Gasteiger partial charge in [-0.05, 0) is 0 Å². The summed E-state index contributed by atoms with van der Waals surface area (Å²) in [5.74, 6) is 0. The molecule has 0 aliphatic rings. The fraction of sp³-hybridized carbons (Fsp3) is 0.250. The van der Waals surface area contributed by atoms with Gasteiger partial charge < -0.3 is 9.97 Å². The van der Waals surface area contributed by atoms with E-state index in [2.05, 4.69) is 19.9 Å². The van der Waals surface area contributed by atoms with Gasteiger partial charge in [0.2, 0.25) is 0 Å². The van der Waals surface area contributed by atoms with Crippen LogP contribution in [0.3, 0.4) is 0 Å². The number of rotatable bonds is 2. The zero-order valence-electron chi connectivity index (χ0n) is 8.80. The van der Waals surface area contributed by atoms with Crippen molar-refractivity contribution in [2.24, 2.45) is 0 Å². The molecule has 0 aliphatic heterocycles. The molecule has 7 heteroatoms. The Balaban J connectivity index is 0.000000196. The minimum Gasteiger partial charge on any atom is -0.351 e. The summed E-state index contributed by atoms with van der Waals surface area (Å²) in [5, 5.41) is 0. The van der Waals surface area contributed by atoms with Crippen LogP contribution >= 0.6 is 0 Å². The molecule has 0 spiro atoms. The molecule has 2 rings (SSSR count). The summed E-state index contributed by atoms with van der Waals surface area (Å²) in [4.78, 5) is 12.8. The number of nitrogens with one attached hydrogen (secondary N) is 2. The van der Waals surface area contributed by atoms with Gasteiger partial charge in [0, 0.05) is 39.6 Å². The minimum atomic E-state index is 1.04. The molecule has 4 radical (unpaired) electrons. The predicted octanol–water partition coefficient (Wildman–Crippen LogP) is 0.651. The SMILES string of the molecule is [B][B][B]CC.c1c[nH]cn1.c1c[nH]cn1. The van der Waals surface area contributed by atoms with Gasteiger partial charge in [0.15, 0.2) is 0 Å². The van der Waals surface area contributed by atoms with E-state index in [1.165, 1.54) is 0 Å². The Morgan fingerprint density at radius 3 is 1.73 bits per heavy atom. The standard InChI is InChI=1S/2C3H4N2.C2H5B3/c2*1-2-5-3-4-1;1-2-4-5-3/h2*1-3H,(H,4,5);2H2,1H3. The van der Waals surface area contributed by atoms with Crippen molar-refractivity contribution < 1.29 is 0 Å². The van der Waals surface area contributed by atoms with Gasteiger partial charge in [0.1, 0.15) is 0 Å². The van der Waals surface area contributed by atoms with Crippen LogP contribution in [-0.4, -0.2) is 41.9 Å². The van der Waals surface area contributed by atoms with Crippen LogP contribution in [0.15, 0.2) is 37.4 Å². The fourth-order valence-corrected chi connectivity index (χ4v) is 0.566. The highest BCUT2D eigenvalue weighted by molar-refractivity contribution is 7.23. The first-order valence-electron chi connectivity index (χ1n) is 4.64. The average molecular weight is 198 g/mol. The normalized spacial score (nSPS) is 7.53.